The molecule has 0 unspecified atom stereocenters. The monoisotopic (exact) mass is 229 g/mol. The van der Waals surface area contributed by atoms with Gasteiger partial charge in [-0.15, -0.1) is 0 Å². The smallest absolute Gasteiger partial charge is 0.253 e. The van der Waals surface area contributed by atoms with Crippen LogP contribution in [0.25, 0.3) is 11.1 Å². The van der Waals surface area contributed by atoms with E-state index in [1.807, 2.05) is 43.5 Å². The summed E-state index contributed by atoms with van der Waals surface area (Å²) in [7, 11) is 1.75. The van der Waals surface area contributed by atoms with E-state index in [2.05, 4.69) is 0 Å². The molecule has 1 aromatic heterocycles. The summed E-state index contributed by atoms with van der Waals surface area (Å²) in [4.78, 5) is 11.6. The fourth-order valence-electron chi connectivity index (χ4n) is 1.84. The summed E-state index contributed by atoms with van der Waals surface area (Å²) in [6, 6.07) is 9.55. The standard InChI is InChI=1S/C14H15NO2/c1-10-7-13(8-15(2)14(10)17)12-5-3-11(9-16)4-6-12/h3-8,16H,9H2,1-2H3. The van der Waals surface area contributed by atoms with E-state index in [-0.39, 0.29) is 12.2 Å². The van der Waals surface area contributed by atoms with Crippen LogP contribution in [0.4, 0.5) is 0 Å². The third-order valence-electron chi connectivity index (χ3n) is 2.83. The minimum absolute atomic E-state index is 0.0285. The van der Waals surface area contributed by atoms with Gasteiger partial charge in [0.25, 0.3) is 5.56 Å². The molecule has 0 aliphatic carbocycles. The van der Waals surface area contributed by atoms with E-state index in [9.17, 15) is 4.79 Å². The van der Waals surface area contributed by atoms with Gasteiger partial charge in [0.1, 0.15) is 0 Å². The molecule has 3 heteroatoms. The van der Waals surface area contributed by atoms with E-state index in [1.165, 1.54) is 0 Å². The Bertz CT molecular complexity index is 556. The molecule has 2 aromatic rings. The first kappa shape index (κ1) is 11.6. The van der Waals surface area contributed by atoms with Crippen molar-refractivity contribution in [3.8, 4) is 11.1 Å². The number of aryl methyl sites for hydroxylation is 2. The molecule has 0 spiro atoms. The van der Waals surface area contributed by atoms with Crippen molar-refractivity contribution in [2.24, 2.45) is 7.05 Å². The highest BCUT2D eigenvalue weighted by atomic mass is 16.3. The summed E-state index contributed by atoms with van der Waals surface area (Å²) in [6.07, 6.45) is 1.82. The number of aliphatic hydroxyl groups excluding tert-OH is 1. The van der Waals surface area contributed by atoms with E-state index in [0.29, 0.717) is 0 Å². The average molecular weight is 229 g/mol. The van der Waals surface area contributed by atoms with Crippen molar-refractivity contribution in [1.29, 1.82) is 0 Å². The largest absolute Gasteiger partial charge is 0.392 e. The van der Waals surface area contributed by atoms with Crippen LogP contribution >= 0.6 is 0 Å². The zero-order valence-electron chi connectivity index (χ0n) is 9.97. The highest BCUT2D eigenvalue weighted by molar-refractivity contribution is 5.63. The number of rotatable bonds is 2. The van der Waals surface area contributed by atoms with Crippen LogP contribution < -0.4 is 5.56 Å². The van der Waals surface area contributed by atoms with Crippen molar-refractivity contribution in [3.05, 3.63) is 58.0 Å². The summed E-state index contributed by atoms with van der Waals surface area (Å²) >= 11 is 0. The van der Waals surface area contributed by atoms with Gasteiger partial charge in [-0.3, -0.25) is 4.79 Å². The Morgan fingerprint density at radius 2 is 1.82 bits per heavy atom. The van der Waals surface area contributed by atoms with Crippen LogP contribution in [-0.4, -0.2) is 9.67 Å². The Balaban J connectivity index is 2.49. The fraction of sp³-hybridized carbons (Fsp3) is 0.214. The zero-order valence-corrected chi connectivity index (χ0v) is 9.97. The molecule has 0 bridgehead atoms. The lowest BCUT2D eigenvalue weighted by molar-refractivity contribution is 0.282. The quantitative estimate of drug-likeness (QED) is 0.854. The lowest BCUT2D eigenvalue weighted by Crippen LogP contribution is -2.18. The third kappa shape index (κ3) is 2.29. The predicted octanol–water partition coefficient (Wildman–Crippen LogP) is 1.85. The maximum Gasteiger partial charge on any atom is 0.253 e. The van der Waals surface area contributed by atoms with Crippen molar-refractivity contribution in [2.75, 3.05) is 0 Å². The van der Waals surface area contributed by atoms with Crippen molar-refractivity contribution in [1.82, 2.24) is 4.57 Å². The van der Waals surface area contributed by atoms with E-state index < -0.39 is 0 Å². The highest BCUT2D eigenvalue weighted by Gasteiger charge is 2.03. The van der Waals surface area contributed by atoms with Gasteiger partial charge in [-0.1, -0.05) is 24.3 Å². The molecule has 0 saturated heterocycles. The molecule has 88 valence electrons. The van der Waals surface area contributed by atoms with Gasteiger partial charge in [-0.2, -0.15) is 0 Å². The minimum Gasteiger partial charge on any atom is -0.392 e. The lowest BCUT2D eigenvalue weighted by Gasteiger charge is -2.07. The van der Waals surface area contributed by atoms with Crippen LogP contribution in [0.3, 0.4) is 0 Å². The summed E-state index contributed by atoms with van der Waals surface area (Å²) in [5.74, 6) is 0. The predicted molar refractivity (Wildman–Crippen MR) is 67.8 cm³/mol. The SMILES string of the molecule is Cc1cc(-c2ccc(CO)cc2)cn(C)c1=O. The highest BCUT2D eigenvalue weighted by Crippen LogP contribution is 2.19. The van der Waals surface area contributed by atoms with Gasteiger partial charge in [-0.05, 0) is 29.7 Å². The van der Waals surface area contributed by atoms with Gasteiger partial charge >= 0.3 is 0 Å². The molecule has 2 rings (SSSR count). The first-order valence-corrected chi connectivity index (χ1v) is 5.49. The van der Waals surface area contributed by atoms with Gasteiger partial charge in [0, 0.05) is 18.8 Å². The molecule has 0 saturated carbocycles. The molecule has 1 N–H and O–H groups in total. The van der Waals surface area contributed by atoms with E-state index in [4.69, 9.17) is 5.11 Å². The first-order chi connectivity index (χ1) is 8.11. The van der Waals surface area contributed by atoms with Crippen LogP contribution in [-0.2, 0) is 13.7 Å². The first-order valence-electron chi connectivity index (χ1n) is 5.49. The van der Waals surface area contributed by atoms with E-state index in [1.54, 1.807) is 11.6 Å². The summed E-state index contributed by atoms with van der Waals surface area (Å²) in [5.41, 5.74) is 3.70. The molecule has 1 aromatic carbocycles. The number of pyridine rings is 1. The number of aromatic nitrogens is 1. The average Bonchev–Trinajstić information content (AvgIpc) is 2.35. The topological polar surface area (TPSA) is 42.2 Å². The van der Waals surface area contributed by atoms with Gasteiger partial charge < -0.3 is 9.67 Å². The van der Waals surface area contributed by atoms with Crippen molar-refractivity contribution >= 4 is 0 Å². The summed E-state index contributed by atoms with van der Waals surface area (Å²) < 4.78 is 1.59. The Labute approximate surface area is 100.0 Å². The Kier molecular flexibility index (Phi) is 3.11. The summed E-state index contributed by atoms with van der Waals surface area (Å²) in [5, 5.41) is 8.98. The Morgan fingerprint density at radius 3 is 2.35 bits per heavy atom. The van der Waals surface area contributed by atoms with Crippen LogP contribution in [0, 0.1) is 6.92 Å². The fourth-order valence-corrected chi connectivity index (χ4v) is 1.84. The van der Waals surface area contributed by atoms with Gasteiger partial charge in [0.2, 0.25) is 0 Å². The van der Waals surface area contributed by atoms with E-state index in [0.717, 1.165) is 22.3 Å². The van der Waals surface area contributed by atoms with Crippen molar-refractivity contribution < 1.29 is 5.11 Å². The maximum atomic E-state index is 11.6. The van der Waals surface area contributed by atoms with Gasteiger partial charge in [-0.25, -0.2) is 0 Å². The second kappa shape index (κ2) is 4.55. The van der Waals surface area contributed by atoms with Gasteiger partial charge in [0.15, 0.2) is 0 Å². The van der Waals surface area contributed by atoms with Crippen molar-refractivity contribution in [3.63, 3.8) is 0 Å². The van der Waals surface area contributed by atoms with Crippen LogP contribution in [0.5, 0.6) is 0 Å². The molecule has 3 nitrogen and oxygen atoms in total. The number of nitrogens with zero attached hydrogens (tertiary/aromatic N) is 1. The molecule has 1 heterocycles. The van der Waals surface area contributed by atoms with Crippen LogP contribution in [0.1, 0.15) is 11.1 Å². The Morgan fingerprint density at radius 1 is 1.18 bits per heavy atom. The molecule has 0 amide bonds. The number of hydrogen-bond acceptors (Lipinski definition) is 2. The second-order valence-corrected chi connectivity index (χ2v) is 4.18. The minimum atomic E-state index is 0.0285. The normalized spacial score (nSPS) is 10.5. The molecule has 0 fully saturated rings. The van der Waals surface area contributed by atoms with Crippen LogP contribution in [0.15, 0.2) is 41.3 Å². The maximum absolute atomic E-state index is 11.6. The molecule has 0 aliphatic rings. The molecule has 0 aliphatic heterocycles. The van der Waals surface area contributed by atoms with Crippen LogP contribution in [0.2, 0.25) is 0 Å². The molecular formula is C14H15NO2. The lowest BCUT2D eigenvalue weighted by atomic mass is 10.0. The Hall–Kier alpha value is -1.87. The zero-order chi connectivity index (χ0) is 12.4. The molecule has 0 atom stereocenters. The molecule has 17 heavy (non-hydrogen) atoms. The summed E-state index contributed by atoms with van der Waals surface area (Å²) in [6.45, 7) is 1.86. The molecular weight excluding hydrogens is 214 g/mol. The number of benzene rings is 1. The number of aliphatic hydroxyl groups is 1. The van der Waals surface area contributed by atoms with Gasteiger partial charge in [0.05, 0.1) is 6.61 Å². The second-order valence-electron chi connectivity index (χ2n) is 4.18. The van der Waals surface area contributed by atoms with Crippen molar-refractivity contribution in [2.45, 2.75) is 13.5 Å². The third-order valence-corrected chi connectivity index (χ3v) is 2.83. The van der Waals surface area contributed by atoms with E-state index >= 15 is 0 Å². The molecule has 0 radical (unpaired) electrons. The number of hydrogen-bond donors (Lipinski definition) is 1.